The van der Waals surface area contributed by atoms with Gasteiger partial charge in [0.05, 0.1) is 5.60 Å². The molecular weight excluding hydrogens is 284 g/mol. The Hall–Kier alpha value is -1.38. The van der Waals surface area contributed by atoms with E-state index in [-0.39, 0.29) is 28.4 Å². The molecule has 0 aliphatic heterocycles. The molecule has 0 amide bonds. The normalized spacial score (nSPS) is 15.1. The van der Waals surface area contributed by atoms with Crippen molar-refractivity contribution in [3.8, 4) is 0 Å². The number of H-pyrrole nitrogens is 1. The summed E-state index contributed by atoms with van der Waals surface area (Å²) in [6.45, 7) is 6.04. The summed E-state index contributed by atoms with van der Waals surface area (Å²) >= 11 is 0. The quantitative estimate of drug-likeness (QED) is 0.619. The largest absolute Gasteiger partial charge is 0.477 e. The molecule has 1 aromatic rings. The Morgan fingerprint density at radius 3 is 2.35 bits per heavy atom. The van der Waals surface area contributed by atoms with Gasteiger partial charge in [0.15, 0.2) is 0 Å². The van der Waals surface area contributed by atoms with E-state index in [1.807, 2.05) is 0 Å². The number of aromatic carboxylic acids is 1. The zero-order valence-electron chi connectivity index (χ0n) is 11.9. The van der Waals surface area contributed by atoms with E-state index in [0.29, 0.717) is 6.42 Å². The predicted molar refractivity (Wildman–Crippen MR) is 73.3 cm³/mol. The van der Waals surface area contributed by atoms with Crippen LogP contribution >= 0.6 is 0 Å². The number of aliphatic hydroxyl groups is 1. The van der Waals surface area contributed by atoms with Crippen LogP contribution in [0.5, 0.6) is 0 Å². The lowest BCUT2D eigenvalue weighted by Crippen LogP contribution is -2.40. The van der Waals surface area contributed by atoms with E-state index in [0.717, 1.165) is 0 Å². The Morgan fingerprint density at radius 1 is 1.40 bits per heavy atom. The number of hydrogen-bond acceptors (Lipinski definition) is 4. The molecule has 0 aliphatic rings. The molecule has 0 radical (unpaired) electrons. The zero-order chi connectivity index (χ0) is 15.7. The number of carbonyl (C=O) groups is 1. The maximum atomic E-state index is 12.2. The first-order chi connectivity index (χ1) is 9.02. The smallest absolute Gasteiger partial charge is 0.352 e. The van der Waals surface area contributed by atoms with Gasteiger partial charge in [-0.15, -0.1) is 0 Å². The lowest BCUT2D eigenvalue weighted by Gasteiger charge is -2.21. The SMILES string of the molecule is CCC(C)(O)CNS(=O)(=O)c1c(C)[nH]c(C(=O)O)c1C. The van der Waals surface area contributed by atoms with Crippen LogP contribution in [0.25, 0.3) is 0 Å². The van der Waals surface area contributed by atoms with E-state index in [2.05, 4.69) is 9.71 Å². The van der Waals surface area contributed by atoms with Crippen molar-refractivity contribution < 1.29 is 23.4 Å². The number of aromatic amines is 1. The summed E-state index contributed by atoms with van der Waals surface area (Å²) in [6, 6.07) is 0. The maximum absolute atomic E-state index is 12.2. The summed E-state index contributed by atoms with van der Waals surface area (Å²) in [5.41, 5.74) is -0.895. The van der Waals surface area contributed by atoms with Crippen LogP contribution in [0.4, 0.5) is 0 Å². The van der Waals surface area contributed by atoms with Crippen molar-refractivity contribution in [3.63, 3.8) is 0 Å². The van der Waals surface area contributed by atoms with Crippen molar-refractivity contribution in [1.82, 2.24) is 9.71 Å². The van der Waals surface area contributed by atoms with Crippen LogP contribution < -0.4 is 4.72 Å². The molecule has 0 spiro atoms. The molecule has 20 heavy (non-hydrogen) atoms. The van der Waals surface area contributed by atoms with Gasteiger partial charge in [0, 0.05) is 17.8 Å². The molecule has 1 unspecified atom stereocenters. The number of aromatic nitrogens is 1. The fourth-order valence-corrected chi connectivity index (χ4v) is 3.40. The molecule has 0 saturated heterocycles. The Labute approximate surface area is 118 Å². The highest BCUT2D eigenvalue weighted by Gasteiger charge is 2.28. The average Bonchev–Trinajstić information content (AvgIpc) is 2.63. The minimum Gasteiger partial charge on any atom is -0.477 e. The average molecular weight is 304 g/mol. The van der Waals surface area contributed by atoms with Crippen molar-refractivity contribution in [2.45, 2.75) is 44.6 Å². The standard InChI is InChI=1S/C12H20N2O5S/c1-5-12(4,17)6-13-20(18,19)10-7(2)9(11(15)16)14-8(10)3/h13-14,17H,5-6H2,1-4H3,(H,15,16). The summed E-state index contributed by atoms with van der Waals surface area (Å²) in [4.78, 5) is 13.5. The highest BCUT2D eigenvalue weighted by Crippen LogP contribution is 2.23. The van der Waals surface area contributed by atoms with Crippen molar-refractivity contribution in [2.24, 2.45) is 0 Å². The zero-order valence-corrected chi connectivity index (χ0v) is 12.8. The van der Waals surface area contributed by atoms with Crippen LogP contribution in [-0.4, -0.2) is 41.7 Å². The Bertz CT molecular complexity index is 616. The molecule has 8 heteroatoms. The molecule has 0 fully saturated rings. The van der Waals surface area contributed by atoms with Crippen molar-refractivity contribution >= 4 is 16.0 Å². The van der Waals surface area contributed by atoms with Gasteiger partial charge in [0.1, 0.15) is 10.6 Å². The van der Waals surface area contributed by atoms with Gasteiger partial charge in [0.25, 0.3) is 0 Å². The third-order valence-corrected chi connectivity index (χ3v) is 4.93. The molecule has 1 rings (SSSR count). The number of hydrogen-bond donors (Lipinski definition) is 4. The molecule has 0 saturated carbocycles. The molecule has 0 aromatic carbocycles. The molecule has 114 valence electrons. The number of carboxylic acid groups (broad SMARTS) is 1. The molecule has 0 bridgehead atoms. The first-order valence-corrected chi connectivity index (χ1v) is 7.64. The Morgan fingerprint density at radius 2 is 1.95 bits per heavy atom. The molecule has 4 N–H and O–H groups in total. The third kappa shape index (κ3) is 3.38. The van der Waals surface area contributed by atoms with Crippen molar-refractivity contribution in [1.29, 1.82) is 0 Å². The van der Waals surface area contributed by atoms with Crippen LogP contribution in [0.1, 0.15) is 42.0 Å². The van der Waals surface area contributed by atoms with E-state index in [9.17, 15) is 18.3 Å². The van der Waals surface area contributed by atoms with Crippen LogP contribution in [0, 0.1) is 13.8 Å². The minimum absolute atomic E-state index is 0.0817. The van der Waals surface area contributed by atoms with Gasteiger partial charge in [-0.3, -0.25) is 0 Å². The van der Waals surface area contributed by atoms with Gasteiger partial charge in [-0.25, -0.2) is 17.9 Å². The number of aryl methyl sites for hydroxylation is 1. The minimum atomic E-state index is -3.88. The fourth-order valence-electron chi connectivity index (χ4n) is 1.80. The van der Waals surface area contributed by atoms with Gasteiger partial charge < -0.3 is 15.2 Å². The summed E-state index contributed by atoms with van der Waals surface area (Å²) in [5.74, 6) is -1.22. The predicted octanol–water partition coefficient (Wildman–Crippen LogP) is 0.769. The summed E-state index contributed by atoms with van der Waals surface area (Å²) < 4.78 is 26.8. The second-order valence-electron chi connectivity index (χ2n) is 5.06. The number of nitrogens with one attached hydrogen (secondary N) is 2. The molecule has 0 aliphatic carbocycles. The van der Waals surface area contributed by atoms with E-state index in [1.54, 1.807) is 6.92 Å². The summed E-state index contributed by atoms with van der Waals surface area (Å²) in [7, 11) is -3.88. The highest BCUT2D eigenvalue weighted by atomic mass is 32.2. The Kier molecular flexibility index (Phi) is 4.62. The fraction of sp³-hybridized carbons (Fsp3) is 0.583. The van der Waals surface area contributed by atoms with E-state index >= 15 is 0 Å². The first kappa shape index (κ1) is 16.7. The van der Waals surface area contributed by atoms with Crippen molar-refractivity contribution in [2.75, 3.05) is 6.54 Å². The topological polar surface area (TPSA) is 119 Å². The monoisotopic (exact) mass is 304 g/mol. The van der Waals surface area contributed by atoms with Crippen molar-refractivity contribution in [3.05, 3.63) is 17.0 Å². The van der Waals surface area contributed by atoms with Crippen LogP contribution in [0.2, 0.25) is 0 Å². The van der Waals surface area contributed by atoms with Crippen LogP contribution in [-0.2, 0) is 10.0 Å². The number of rotatable bonds is 6. The van der Waals surface area contributed by atoms with Crippen LogP contribution in [0.3, 0.4) is 0 Å². The second-order valence-corrected chi connectivity index (χ2v) is 6.76. The van der Waals surface area contributed by atoms with Gasteiger partial charge in [-0.05, 0) is 27.2 Å². The second kappa shape index (κ2) is 5.55. The summed E-state index contributed by atoms with van der Waals surface area (Å²) in [6.07, 6.45) is 0.390. The van der Waals surface area contributed by atoms with E-state index < -0.39 is 21.6 Å². The number of sulfonamides is 1. The summed E-state index contributed by atoms with van der Waals surface area (Å²) in [5, 5.41) is 18.8. The molecule has 1 heterocycles. The lowest BCUT2D eigenvalue weighted by atomic mass is 10.1. The van der Waals surface area contributed by atoms with Crippen LogP contribution in [0.15, 0.2) is 4.90 Å². The van der Waals surface area contributed by atoms with Gasteiger partial charge in [-0.2, -0.15) is 0 Å². The van der Waals surface area contributed by atoms with Gasteiger partial charge in [-0.1, -0.05) is 6.92 Å². The van der Waals surface area contributed by atoms with Gasteiger partial charge in [0.2, 0.25) is 10.0 Å². The lowest BCUT2D eigenvalue weighted by molar-refractivity contribution is 0.0613. The van der Waals surface area contributed by atoms with E-state index in [1.165, 1.54) is 20.8 Å². The number of carboxylic acids is 1. The Balaban J connectivity index is 3.14. The maximum Gasteiger partial charge on any atom is 0.352 e. The van der Waals surface area contributed by atoms with Gasteiger partial charge >= 0.3 is 5.97 Å². The molecular formula is C12H20N2O5S. The molecule has 7 nitrogen and oxygen atoms in total. The van der Waals surface area contributed by atoms with E-state index in [4.69, 9.17) is 5.11 Å². The third-order valence-electron chi connectivity index (χ3n) is 3.26. The first-order valence-electron chi connectivity index (χ1n) is 6.16. The molecule has 1 aromatic heterocycles. The highest BCUT2D eigenvalue weighted by molar-refractivity contribution is 7.89. The molecule has 1 atom stereocenters.